The summed E-state index contributed by atoms with van der Waals surface area (Å²) in [5.41, 5.74) is 0.905. The van der Waals surface area contributed by atoms with Gasteiger partial charge in [0.25, 0.3) is 0 Å². The van der Waals surface area contributed by atoms with Crippen LogP contribution in [0.1, 0.15) is 5.56 Å². The molecule has 0 bridgehead atoms. The molecule has 0 aliphatic carbocycles. The highest BCUT2D eigenvalue weighted by Crippen LogP contribution is 2.04. The Kier molecular flexibility index (Phi) is 2.68. The Labute approximate surface area is 72.7 Å². The molecule has 0 saturated heterocycles. The smallest absolute Gasteiger partial charge is 0.0733 e. The van der Waals surface area contributed by atoms with E-state index in [1.54, 1.807) is 0 Å². The Hall–Kier alpha value is -0.580. The molecular weight excluding hydrogens is 237 g/mol. The SMILES string of the molecule is O/N=C/c1ccc([123I])cc1. The molecule has 0 amide bonds. The Bertz CT molecular complexity index is 230. The minimum atomic E-state index is 0.905. The molecule has 1 aromatic rings. The first-order chi connectivity index (χ1) is 4.83. The minimum Gasteiger partial charge on any atom is -0.411 e. The third kappa shape index (κ3) is 1.98. The summed E-state index contributed by atoms with van der Waals surface area (Å²) in [7, 11) is 0. The summed E-state index contributed by atoms with van der Waals surface area (Å²) in [6.07, 6.45) is 1.40. The molecule has 3 heteroatoms. The first-order valence-electron chi connectivity index (χ1n) is 2.76. The lowest BCUT2D eigenvalue weighted by atomic mass is 10.2. The maximum absolute atomic E-state index is 8.16. The van der Waals surface area contributed by atoms with E-state index >= 15 is 0 Å². The lowest BCUT2D eigenvalue weighted by molar-refractivity contribution is 0.322. The van der Waals surface area contributed by atoms with Gasteiger partial charge in [0, 0.05) is 3.57 Å². The molecule has 0 aliphatic rings. The third-order valence-corrected chi connectivity index (χ3v) is 1.80. The quantitative estimate of drug-likeness (QED) is 0.348. The number of nitrogens with zero attached hydrogens (tertiary/aromatic N) is 1. The van der Waals surface area contributed by atoms with Crippen LogP contribution in [0.25, 0.3) is 0 Å². The van der Waals surface area contributed by atoms with Gasteiger partial charge >= 0.3 is 0 Å². The van der Waals surface area contributed by atoms with Crippen LogP contribution in [0.2, 0.25) is 0 Å². The maximum Gasteiger partial charge on any atom is 0.0733 e. The van der Waals surface area contributed by atoms with E-state index in [4.69, 9.17) is 5.21 Å². The van der Waals surface area contributed by atoms with Crippen LogP contribution >= 0.6 is 22.6 Å². The second-order valence-electron chi connectivity index (χ2n) is 1.80. The number of hydrogen-bond donors (Lipinski definition) is 1. The van der Waals surface area contributed by atoms with Gasteiger partial charge in [-0.2, -0.15) is 0 Å². The number of halogens is 1. The summed E-state index contributed by atoms with van der Waals surface area (Å²) < 4.78 is 1.17. The van der Waals surface area contributed by atoms with Gasteiger partial charge in [-0.05, 0) is 40.3 Å². The highest BCUT2D eigenvalue weighted by Gasteiger charge is 1.86. The van der Waals surface area contributed by atoms with Crippen molar-refractivity contribution in [2.24, 2.45) is 5.16 Å². The molecule has 0 aliphatic heterocycles. The van der Waals surface area contributed by atoms with Gasteiger partial charge in [0.2, 0.25) is 0 Å². The van der Waals surface area contributed by atoms with Crippen molar-refractivity contribution in [2.75, 3.05) is 0 Å². The first-order valence-corrected chi connectivity index (χ1v) is 3.84. The van der Waals surface area contributed by atoms with Crippen molar-refractivity contribution >= 4 is 28.8 Å². The second-order valence-corrected chi connectivity index (χ2v) is 3.04. The molecule has 0 radical (unpaired) electrons. The number of oxime groups is 1. The van der Waals surface area contributed by atoms with Crippen molar-refractivity contribution < 1.29 is 5.21 Å². The molecular formula is C7H6INO. The zero-order chi connectivity index (χ0) is 7.40. The van der Waals surface area contributed by atoms with Gasteiger partial charge in [-0.1, -0.05) is 17.3 Å². The van der Waals surface area contributed by atoms with Crippen LogP contribution in [0.4, 0.5) is 0 Å². The van der Waals surface area contributed by atoms with Gasteiger partial charge in [0.1, 0.15) is 0 Å². The fourth-order valence-electron chi connectivity index (χ4n) is 0.616. The molecule has 52 valence electrons. The van der Waals surface area contributed by atoms with E-state index in [1.807, 2.05) is 24.3 Å². The highest BCUT2D eigenvalue weighted by molar-refractivity contribution is 14.1. The number of benzene rings is 1. The number of rotatable bonds is 1. The molecule has 0 aromatic heterocycles. The molecule has 0 spiro atoms. The Balaban J connectivity index is 2.89. The van der Waals surface area contributed by atoms with E-state index in [1.165, 1.54) is 9.78 Å². The van der Waals surface area contributed by atoms with Crippen molar-refractivity contribution in [3.8, 4) is 0 Å². The Morgan fingerprint density at radius 3 is 2.40 bits per heavy atom. The Morgan fingerprint density at radius 2 is 1.90 bits per heavy atom. The van der Waals surface area contributed by atoms with Crippen LogP contribution in [0.5, 0.6) is 0 Å². The van der Waals surface area contributed by atoms with Crippen molar-refractivity contribution in [1.29, 1.82) is 0 Å². The molecule has 1 N–H and O–H groups in total. The fourth-order valence-corrected chi connectivity index (χ4v) is 0.975. The Morgan fingerprint density at radius 1 is 1.30 bits per heavy atom. The topological polar surface area (TPSA) is 32.6 Å². The van der Waals surface area contributed by atoms with Gasteiger partial charge in [0.15, 0.2) is 0 Å². The van der Waals surface area contributed by atoms with Crippen LogP contribution in [-0.4, -0.2) is 11.4 Å². The fraction of sp³-hybridized carbons (Fsp3) is 0. The average Bonchev–Trinajstić information content (AvgIpc) is 1.95. The summed E-state index contributed by atoms with van der Waals surface area (Å²) in [6.45, 7) is 0. The van der Waals surface area contributed by atoms with Gasteiger partial charge < -0.3 is 5.21 Å². The molecule has 0 heterocycles. The molecule has 0 fully saturated rings. The summed E-state index contributed by atoms with van der Waals surface area (Å²) in [4.78, 5) is 0. The molecule has 0 unspecified atom stereocenters. The summed E-state index contributed by atoms with van der Waals surface area (Å²) in [5, 5.41) is 11.1. The molecule has 1 aromatic carbocycles. The van der Waals surface area contributed by atoms with E-state index in [9.17, 15) is 0 Å². The molecule has 2 nitrogen and oxygen atoms in total. The highest BCUT2D eigenvalue weighted by atomic mass is 123. The minimum absolute atomic E-state index is 0.905. The predicted molar refractivity (Wildman–Crippen MR) is 48.5 cm³/mol. The van der Waals surface area contributed by atoms with Crippen molar-refractivity contribution in [3.05, 3.63) is 33.4 Å². The third-order valence-electron chi connectivity index (χ3n) is 1.08. The van der Waals surface area contributed by atoms with Gasteiger partial charge in [-0.25, -0.2) is 0 Å². The van der Waals surface area contributed by atoms with E-state index in [2.05, 4.69) is 27.7 Å². The van der Waals surface area contributed by atoms with Crippen molar-refractivity contribution in [2.45, 2.75) is 0 Å². The average molecular weight is 243 g/mol. The lowest BCUT2D eigenvalue weighted by Gasteiger charge is -1.89. The van der Waals surface area contributed by atoms with Gasteiger partial charge in [0.05, 0.1) is 6.21 Å². The number of hydrogen-bond acceptors (Lipinski definition) is 2. The zero-order valence-corrected chi connectivity index (χ0v) is 7.32. The van der Waals surface area contributed by atoms with E-state index in [0.717, 1.165) is 5.56 Å². The van der Waals surface area contributed by atoms with Crippen molar-refractivity contribution in [3.63, 3.8) is 0 Å². The van der Waals surface area contributed by atoms with E-state index < -0.39 is 0 Å². The largest absolute Gasteiger partial charge is 0.411 e. The molecule has 0 atom stereocenters. The predicted octanol–water partition coefficient (Wildman–Crippen LogP) is 2.10. The molecule has 1 rings (SSSR count). The van der Waals surface area contributed by atoms with Gasteiger partial charge in [-0.3, -0.25) is 0 Å². The standard InChI is InChI=1S/C7H6INO/c8-7-3-1-6(2-4-7)5-9-10/h1-5,10H/b9-5+/i8-4. The van der Waals surface area contributed by atoms with E-state index in [-0.39, 0.29) is 0 Å². The van der Waals surface area contributed by atoms with Crippen LogP contribution in [0.3, 0.4) is 0 Å². The second kappa shape index (κ2) is 3.55. The van der Waals surface area contributed by atoms with Gasteiger partial charge in [-0.15, -0.1) is 0 Å². The first kappa shape index (κ1) is 7.53. The summed E-state index contributed by atoms with van der Waals surface area (Å²) in [6, 6.07) is 7.69. The lowest BCUT2D eigenvalue weighted by Crippen LogP contribution is -1.79. The van der Waals surface area contributed by atoms with Crippen LogP contribution < -0.4 is 0 Å². The summed E-state index contributed by atoms with van der Waals surface area (Å²) in [5.74, 6) is 0. The van der Waals surface area contributed by atoms with Crippen LogP contribution in [0, 0.1) is 3.57 Å². The molecule has 10 heavy (non-hydrogen) atoms. The normalized spacial score (nSPS) is 10.5. The monoisotopic (exact) mass is 243 g/mol. The molecule has 0 saturated carbocycles. The van der Waals surface area contributed by atoms with Crippen LogP contribution in [0.15, 0.2) is 29.4 Å². The van der Waals surface area contributed by atoms with Crippen molar-refractivity contribution in [1.82, 2.24) is 0 Å². The van der Waals surface area contributed by atoms with Crippen LogP contribution in [-0.2, 0) is 0 Å². The summed E-state index contributed by atoms with van der Waals surface area (Å²) >= 11 is 2.22. The zero-order valence-electron chi connectivity index (χ0n) is 5.16. The maximum atomic E-state index is 8.16. The van der Waals surface area contributed by atoms with E-state index in [0.29, 0.717) is 0 Å².